The summed E-state index contributed by atoms with van der Waals surface area (Å²) in [4.78, 5) is 12.4. The number of fused-ring (bicyclic) bond motifs is 2. The van der Waals surface area contributed by atoms with Crippen LogP contribution in [-0.4, -0.2) is 160 Å². The van der Waals surface area contributed by atoms with Gasteiger partial charge in [-0.3, -0.25) is 14.4 Å². The van der Waals surface area contributed by atoms with Gasteiger partial charge >= 0.3 is 0 Å². The molecule has 4 heterocycles. The molecule has 2 fully saturated rings. The molecule has 0 aliphatic carbocycles. The molecule has 5 N–H and O–H groups in total. The molecule has 0 saturated carbocycles. The highest BCUT2D eigenvalue weighted by Gasteiger charge is 2.51. The molecular weight excluding hydrogens is 531 g/mol. The van der Waals surface area contributed by atoms with Crippen LogP contribution in [0, 0.1) is 0 Å². The Morgan fingerprint density at radius 3 is 1.59 bits per heavy atom. The third kappa shape index (κ3) is 7.26. The summed E-state index contributed by atoms with van der Waals surface area (Å²) in [7, 11) is 8.06. The standard InChI is InChI=1S/C11H20N2O4S.C10H18N2O4S.CH3F/c1-5(16-4)9-8(15)7(14)6-10(17-9)18-11(12-6)13(2)3;1-4(13)8-7(15)6(14)5-9(16-8)17-10(11-5)12(2)3;1-2/h5-10,14-15H,1-4H3;4-9,13-15H,1-3H3;1H3/t5-,6-,7-,8+,9-,10-;4-,5-,6-,7+,8-,9-;/m11./s1/i;;1D. The van der Waals surface area contributed by atoms with E-state index >= 15 is 0 Å². The van der Waals surface area contributed by atoms with E-state index in [1.54, 1.807) is 7.11 Å². The van der Waals surface area contributed by atoms with Gasteiger partial charge in [-0.15, -0.1) is 0 Å². The number of ether oxygens (including phenoxy) is 3. The van der Waals surface area contributed by atoms with E-state index in [1.165, 1.54) is 30.4 Å². The van der Waals surface area contributed by atoms with Crippen LogP contribution in [0.2, 0.25) is 0 Å². The molecule has 2 saturated heterocycles. The van der Waals surface area contributed by atoms with Crippen LogP contribution in [0.5, 0.6) is 0 Å². The number of hydrogen-bond acceptors (Lipinski definition) is 14. The van der Waals surface area contributed by atoms with Crippen molar-refractivity contribution in [3.05, 3.63) is 0 Å². The van der Waals surface area contributed by atoms with E-state index in [2.05, 4.69) is 9.98 Å². The van der Waals surface area contributed by atoms with Crippen molar-refractivity contribution in [1.82, 2.24) is 9.80 Å². The molecule has 37 heavy (non-hydrogen) atoms. The number of methoxy groups -OCH3 is 1. The molecule has 4 rings (SSSR count). The topological polar surface area (TPSA) is 160 Å². The summed E-state index contributed by atoms with van der Waals surface area (Å²) in [6.07, 6.45) is -6.42. The summed E-state index contributed by atoms with van der Waals surface area (Å²) in [6.45, 7) is 3.35. The Bertz CT molecular complexity index is 817. The summed E-state index contributed by atoms with van der Waals surface area (Å²) in [5.41, 5.74) is -0.603. The van der Waals surface area contributed by atoms with E-state index in [4.69, 9.17) is 15.6 Å². The monoisotopic (exact) mass is 573 g/mol. The van der Waals surface area contributed by atoms with Gasteiger partial charge < -0.3 is 49.5 Å². The van der Waals surface area contributed by atoms with Crippen LogP contribution in [0.15, 0.2) is 9.98 Å². The molecule has 0 radical (unpaired) electrons. The average Bonchev–Trinajstić information content (AvgIpc) is 3.49. The van der Waals surface area contributed by atoms with Crippen molar-refractivity contribution in [3.63, 3.8) is 0 Å². The summed E-state index contributed by atoms with van der Waals surface area (Å²) >= 11 is 2.87. The molecule has 0 amide bonds. The molecule has 0 aromatic rings. The third-order valence-corrected chi connectivity index (χ3v) is 8.86. The van der Waals surface area contributed by atoms with Crippen LogP contribution >= 0.6 is 23.5 Å². The molecule has 4 aliphatic heterocycles. The van der Waals surface area contributed by atoms with Crippen LogP contribution in [-0.2, 0) is 14.2 Å². The number of rotatable bonds is 3. The fourth-order valence-corrected chi connectivity index (χ4v) is 6.40. The molecule has 15 heteroatoms. The second kappa shape index (κ2) is 14.1. The van der Waals surface area contributed by atoms with Crippen molar-refractivity contribution >= 4 is 33.9 Å². The Balaban J connectivity index is 0.000000242. The predicted molar refractivity (Wildman–Crippen MR) is 142 cm³/mol. The van der Waals surface area contributed by atoms with Crippen LogP contribution in [0.4, 0.5) is 4.39 Å². The zero-order valence-corrected chi connectivity index (χ0v) is 23.7. The number of aliphatic hydroxyl groups is 5. The van der Waals surface area contributed by atoms with Gasteiger partial charge in [-0.05, 0) is 13.8 Å². The van der Waals surface area contributed by atoms with E-state index in [9.17, 15) is 29.9 Å². The Kier molecular flexibility index (Phi) is 11.7. The van der Waals surface area contributed by atoms with Gasteiger partial charge in [0.25, 0.3) is 0 Å². The number of thioether (sulfide) groups is 2. The van der Waals surface area contributed by atoms with E-state index < -0.39 is 62.0 Å². The van der Waals surface area contributed by atoms with Gasteiger partial charge in [0.1, 0.15) is 59.6 Å². The minimum atomic E-state index is -1.11. The van der Waals surface area contributed by atoms with Gasteiger partial charge in [-0.1, -0.05) is 23.5 Å². The lowest BCUT2D eigenvalue weighted by Gasteiger charge is -2.40. The lowest BCUT2D eigenvalue weighted by Crippen LogP contribution is -2.58. The maximum atomic E-state index is 10.1. The first-order chi connectivity index (χ1) is 17.8. The first-order valence-electron chi connectivity index (χ1n) is 12.4. The van der Waals surface area contributed by atoms with Gasteiger partial charge in [-0.2, -0.15) is 0 Å². The van der Waals surface area contributed by atoms with Crippen LogP contribution in [0.3, 0.4) is 0 Å². The van der Waals surface area contributed by atoms with Gasteiger partial charge in [0, 0.05) is 35.3 Å². The second-order valence-corrected chi connectivity index (χ2v) is 11.5. The smallest absolute Gasteiger partial charge is 0.161 e. The number of nitrogens with zero attached hydrogens (tertiary/aromatic N) is 4. The molecule has 0 unspecified atom stereocenters. The van der Waals surface area contributed by atoms with Crippen LogP contribution < -0.4 is 0 Å². The van der Waals surface area contributed by atoms with Gasteiger partial charge in [0.05, 0.1) is 20.7 Å². The van der Waals surface area contributed by atoms with Crippen molar-refractivity contribution < 1.29 is 45.5 Å². The SMILES string of the molecule is CO[C@H](C)[C@H]1O[C@@H]2SC(N(C)C)=N[C@@H]2[C@@H](O)[C@@H]1O.C[C@@H](O)[C@H]1O[C@@H]2SC(N(C)C)=N[C@@H]2[C@@H](O)[C@@H]1O.[2H]CF. The number of halogens is 1. The lowest BCUT2D eigenvalue weighted by atomic mass is 9.95. The number of alkyl halides is 1. The van der Waals surface area contributed by atoms with Crippen LogP contribution in [0.25, 0.3) is 0 Å². The number of hydrogen-bond donors (Lipinski definition) is 5. The van der Waals surface area contributed by atoms with E-state index in [0.717, 1.165) is 10.3 Å². The molecule has 12 atom stereocenters. The minimum absolute atomic E-state index is 0.261. The summed E-state index contributed by atoms with van der Waals surface area (Å²) in [5, 5.41) is 51.1. The maximum Gasteiger partial charge on any atom is 0.161 e. The molecule has 0 spiro atoms. The summed E-state index contributed by atoms with van der Waals surface area (Å²) in [5.74, 6) is 0. The number of aliphatic imine (C=N–C) groups is 2. The van der Waals surface area contributed by atoms with E-state index in [0.29, 0.717) is 0 Å². The Morgan fingerprint density at radius 2 is 1.24 bits per heavy atom. The van der Waals surface area contributed by atoms with Crippen LogP contribution in [0.1, 0.15) is 15.2 Å². The number of aliphatic hydroxyl groups excluding tert-OH is 5. The van der Waals surface area contributed by atoms with E-state index in [-0.39, 0.29) is 17.0 Å². The zero-order chi connectivity index (χ0) is 28.9. The van der Waals surface area contributed by atoms with Crippen molar-refractivity contribution in [2.45, 2.75) is 85.6 Å². The Hall–Kier alpha value is -0.750. The molecule has 0 aromatic carbocycles. The van der Waals surface area contributed by atoms with Gasteiger partial charge in [-0.25, -0.2) is 0 Å². The zero-order valence-electron chi connectivity index (χ0n) is 23.1. The van der Waals surface area contributed by atoms with Gasteiger partial charge in [0.15, 0.2) is 10.3 Å². The van der Waals surface area contributed by atoms with Crippen molar-refractivity contribution in [3.8, 4) is 0 Å². The van der Waals surface area contributed by atoms with Crippen molar-refractivity contribution in [1.29, 1.82) is 0 Å². The Labute approximate surface area is 227 Å². The molecule has 216 valence electrons. The molecule has 0 bridgehead atoms. The predicted octanol–water partition coefficient (Wildman–Crippen LogP) is -1.07. The summed E-state index contributed by atoms with van der Waals surface area (Å²) < 4.78 is 32.1. The third-order valence-electron chi connectivity index (χ3n) is 6.25. The summed E-state index contributed by atoms with van der Waals surface area (Å²) in [6, 6.07) is -0.884. The van der Waals surface area contributed by atoms with Crippen molar-refractivity contribution in [2.75, 3.05) is 42.5 Å². The molecule has 4 aliphatic rings. The molecular formula is C22H41FN4O8S2. The fourth-order valence-electron chi connectivity index (χ4n) is 4.10. The highest BCUT2D eigenvalue weighted by molar-refractivity contribution is 8.14. The quantitative estimate of drug-likeness (QED) is 0.279. The minimum Gasteiger partial charge on any atom is -0.391 e. The first kappa shape index (κ1) is 30.8. The largest absolute Gasteiger partial charge is 0.391 e. The molecule has 12 nitrogen and oxygen atoms in total. The highest BCUT2D eigenvalue weighted by Crippen LogP contribution is 2.39. The highest BCUT2D eigenvalue weighted by atomic mass is 32.2. The van der Waals surface area contributed by atoms with Gasteiger partial charge in [0.2, 0.25) is 0 Å². The van der Waals surface area contributed by atoms with Crippen molar-refractivity contribution in [2.24, 2.45) is 9.98 Å². The maximum absolute atomic E-state index is 10.1. The molecule has 0 aromatic heterocycles. The first-order valence-corrected chi connectivity index (χ1v) is 13.5. The average molecular weight is 574 g/mol. The normalized spacial score (nSPS) is 40.3. The number of amidine groups is 2. The lowest BCUT2D eigenvalue weighted by molar-refractivity contribution is -0.186. The fraction of sp³-hybridized carbons (Fsp3) is 0.909. The second-order valence-electron chi connectivity index (χ2n) is 9.41. The van der Waals surface area contributed by atoms with E-state index in [1.807, 2.05) is 44.9 Å². The Morgan fingerprint density at radius 1 is 0.865 bits per heavy atom.